The maximum absolute atomic E-state index is 13.5. The van der Waals surface area contributed by atoms with E-state index in [-0.39, 0.29) is 5.56 Å². The highest BCUT2D eigenvalue weighted by Gasteiger charge is 2.30. The quantitative estimate of drug-likeness (QED) is 0.906. The molecule has 106 valence electrons. The summed E-state index contributed by atoms with van der Waals surface area (Å²) in [5.41, 5.74) is 3.34. The minimum atomic E-state index is -0.461. The SMILES string of the molecule is Cc1ccc(C2CC(Nc3cccc(F)c3C#N)C2)cc1. The minimum absolute atomic E-state index is 0.108. The lowest BCUT2D eigenvalue weighted by Gasteiger charge is -2.37. The summed E-state index contributed by atoms with van der Waals surface area (Å²) < 4.78 is 13.5. The van der Waals surface area contributed by atoms with Crippen molar-refractivity contribution in [2.45, 2.75) is 31.7 Å². The summed E-state index contributed by atoms with van der Waals surface area (Å²) in [5, 5.41) is 12.3. The van der Waals surface area contributed by atoms with E-state index in [9.17, 15) is 4.39 Å². The predicted octanol–water partition coefficient (Wildman–Crippen LogP) is 4.36. The number of nitrogens with zero attached hydrogens (tertiary/aromatic N) is 1. The lowest BCUT2D eigenvalue weighted by atomic mass is 9.75. The van der Waals surface area contributed by atoms with Crippen molar-refractivity contribution in [3.63, 3.8) is 0 Å². The number of hydrogen-bond acceptors (Lipinski definition) is 2. The normalized spacial score (nSPS) is 20.4. The minimum Gasteiger partial charge on any atom is -0.381 e. The van der Waals surface area contributed by atoms with Gasteiger partial charge < -0.3 is 5.32 Å². The first-order chi connectivity index (χ1) is 10.2. The van der Waals surface area contributed by atoms with Gasteiger partial charge in [-0.3, -0.25) is 0 Å². The van der Waals surface area contributed by atoms with Crippen LogP contribution in [-0.4, -0.2) is 6.04 Å². The van der Waals surface area contributed by atoms with Gasteiger partial charge in [-0.1, -0.05) is 35.9 Å². The average Bonchev–Trinajstić information content (AvgIpc) is 2.44. The van der Waals surface area contributed by atoms with E-state index in [1.165, 1.54) is 17.2 Å². The molecule has 3 heteroatoms. The fraction of sp³-hybridized carbons (Fsp3) is 0.278. The highest BCUT2D eigenvalue weighted by Crippen LogP contribution is 2.39. The molecule has 0 spiro atoms. The smallest absolute Gasteiger partial charge is 0.143 e. The van der Waals surface area contributed by atoms with Gasteiger partial charge in [0.05, 0.1) is 5.69 Å². The molecular formula is C18H17FN2. The van der Waals surface area contributed by atoms with Crippen LogP contribution in [0.2, 0.25) is 0 Å². The highest BCUT2D eigenvalue weighted by atomic mass is 19.1. The Morgan fingerprint density at radius 3 is 2.52 bits per heavy atom. The van der Waals surface area contributed by atoms with Gasteiger partial charge in [-0.15, -0.1) is 0 Å². The second kappa shape index (κ2) is 5.57. The van der Waals surface area contributed by atoms with Crippen molar-refractivity contribution < 1.29 is 4.39 Å². The summed E-state index contributed by atoms with van der Waals surface area (Å²) in [6.07, 6.45) is 2.04. The maximum Gasteiger partial charge on any atom is 0.143 e. The zero-order chi connectivity index (χ0) is 14.8. The Labute approximate surface area is 124 Å². The third-order valence-corrected chi connectivity index (χ3v) is 4.17. The van der Waals surface area contributed by atoms with Crippen LogP contribution in [0.3, 0.4) is 0 Å². The van der Waals surface area contributed by atoms with Crippen molar-refractivity contribution in [2.75, 3.05) is 5.32 Å². The van der Waals surface area contributed by atoms with E-state index in [0.29, 0.717) is 17.6 Å². The van der Waals surface area contributed by atoms with Crippen LogP contribution < -0.4 is 5.32 Å². The molecule has 0 saturated heterocycles. The zero-order valence-corrected chi connectivity index (χ0v) is 11.9. The van der Waals surface area contributed by atoms with Crippen LogP contribution >= 0.6 is 0 Å². The molecule has 0 amide bonds. The molecule has 0 radical (unpaired) electrons. The number of rotatable bonds is 3. The second-order valence-corrected chi connectivity index (χ2v) is 5.69. The van der Waals surface area contributed by atoms with Crippen molar-refractivity contribution in [2.24, 2.45) is 0 Å². The van der Waals surface area contributed by atoms with Crippen LogP contribution in [0.5, 0.6) is 0 Å². The molecule has 1 aliphatic rings. The summed E-state index contributed by atoms with van der Waals surface area (Å²) in [5.74, 6) is 0.0964. The Kier molecular flexibility index (Phi) is 3.62. The molecule has 0 unspecified atom stereocenters. The van der Waals surface area contributed by atoms with E-state index in [1.807, 2.05) is 6.07 Å². The molecule has 0 heterocycles. The number of nitrogens with one attached hydrogen (secondary N) is 1. The number of benzene rings is 2. The molecule has 1 fully saturated rings. The Hall–Kier alpha value is -2.34. The molecule has 0 bridgehead atoms. The van der Waals surface area contributed by atoms with Crippen molar-refractivity contribution in [3.05, 3.63) is 65.0 Å². The van der Waals surface area contributed by atoms with Crippen molar-refractivity contribution in [1.29, 1.82) is 5.26 Å². The summed E-state index contributed by atoms with van der Waals surface area (Å²) in [7, 11) is 0. The molecule has 0 atom stereocenters. The van der Waals surface area contributed by atoms with Crippen molar-refractivity contribution in [1.82, 2.24) is 0 Å². The van der Waals surface area contributed by atoms with Gasteiger partial charge in [0.15, 0.2) is 0 Å². The number of halogens is 1. The molecule has 0 aromatic heterocycles. The van der Waals surface area contributed by atoms with E-state index >= 15 is 0 Å². The first-order valence-corrected chi connectivity index (χ1v) is 7.19. The van der Waals surface area contributed by atoms with Gasteiger partial charge in [0, 0.05) is 6.04 Å². The zero-order valence-electron chi connectivity index (χ0n) is 11.9. The molecule has 1 saturated carbocycles. The Bertz CT molecular complexity index is 679. The third kappa shape index (κ3) is 2.75. The lowest BCUT2D eigenvalue weighted by molar-refractivity contribution is 0.374. The van der Waals surface area contributed by atoms with Gasteiger partial charge in [0.1, 0.15) is 17.4 Å². The average molecular weight is 280 g/mol. The van der Waals surface area contributed by atoms with E-state index in [2.05, 4.69) is 36.5 Å². The van der Waals surface area contributed by atoms with Gasteiger partial charge in [-0.25, -0.2) is 4.39 Å². The Morgan fingerprint density at radius 2 is 1.86 bits per heavy atom. The molecule has 2 aromatic rings. The molecule has 2 aromatic carbocycles. The van der Waals surface area contributed by atoms with Crippen LogP contribution in [0.4, 0.5) is 10.1 Å². The van der Waals surface area contributed by atoms with Crippen LogP contribution in [0, 0.1) is 24.1 Å². The number of aryl methyl sites for hydroxylation is 1. The van der Waals surface area contributed by atoms with Gasteiger partial charge in [0.2, 0.25) is 0 Å². The van der Waals surface area contributed by atoms with E-state index in [4.69, 9.17) is 5.26 Å². The van der Waals surface area contributed by atoms with Crippen LogP contribution in [0.25, 0.3) is 0 Å². The van der Waals surface area contributed by atoms with Crippen LogP contribution in [0.15, 0.2) is 42.5 Å². The molecular weight excluding hydrogens is 263 g/mol. The number of hydrogen-bond donors (Lipinski definition) is 1. The summed E-state index contributed by atoms with van der Waals surface area (Å²) >= 11 is 0. The molecule has 3 rings (SSSR count). The van der Waals surface area contributed by atoms with Gasteiger partial charge >= 0.3 is 0 Å². The summed E-state index contributed by atoms with van der Waals surface area (Å²) in [6, 6.07) is 15.6. The monoisotopic (exact) mass is 280 g/mol. The molecule has 0 aliphatic heterocycles. The molecule has 1 N–H and O–H groups in total. The van der Waals surface area contributed by atoms with E-state index < -0.39 is 5.82 Å². The summed E-state index contributed by atoms with van der Waals surface area (Å²) in [6.45, 7) is 2.09. The first-order valence-electron chi connectivity index (χ1n) is 7.19. The number of nitriles is 1. The van der Waals surface area contributed by atoms with Crippen molar-refractivity contribution >= 4 is 5.69 Å². The Morgan fingerprint density at radius 1 is 1.14 bits per heavy atom. The standard InChI is InChI=1S/C18H17FN2/c1-12-5-7-13(8-6-12)14-9-15(10-14)21-18-4-2-3-17(19)16(18)11-20/h2-8,14-15,21H,9-10H2,1H3. The summed E-state index contributed by atoms with van der Waals surface area (Å²) in [4.78, 5) is 0. The fourth-order valence-electron chi connectivity index (χ4n) is 2.82. The van der Waals surface area contributed by atoms with E-state index in [1.54, 1.807) is 12.1 Å². The molecule has 21 heavy (non-hydrogen) atoms. The van der Waals surface area contributed by atoms with Crippen molar-refractivity contribution in [3.8, 4) is 6.07 Å². The van der Waals surface area contributed by atoms with Crippen LogP contribution in [0.1, 0.15) is 35.4 Å². The highest BCUT2D eigenvalue weighted by molar-refractivity contribution is 5.58. The maximum atomic E-state index is 13.5. The number of anilines is 1. The topological polar surface area (TPSA) is 35.8 Å². The largest absolute Gasteiger partial charge is 0.381 e. The van der Waals surface area contributed by atoms with Gasteiger partial charge in [-0.2, -0.15) is 5.26 Å². The molecule has 1 aliphatic carbocycles. The Balaban J connectivity index is 1.64. The van der Waals surface area contributed by atoms with Gasteiger partial charge in [0.25, 0.3) is 0 Å². The first kappa shape index (κ1) is 13.6. The van der Waals surface area contributed by atoms with Crippen LogP contribution in [-0.2, 0) is 0 Å². The second-order valence-electron chi connectivity index (χ2n) is 5.69. The van der Waals surface area contributed by atoms with Gasteiger partial charge in [-0.05, 0) is 43.4 Å². The molecule has 2 nitrogen and oxygen atoms in total. The fourth-order valence-corrected chi connectivity index (χ4v) is 2.82. The van der Waals surface area contributed by atoms with E-state index in [0.717, 1.165) is 12.8 Å². The third-order valence-electron chi connectivity index (χ3n) is 4.17. The lowest BCUT2D eigenvalue weighted by Crippen LogP contribution is -2.34. The predicted molar refractivity (Wildman–Crippen MR) is 81.7 cm³/mol.